The van der Waals surface area contributed by atoms with Crippen molar-refractivity contribution in [3.8, 4) is 0 Å². The first kappa shape index (κ1) is 24.2. The van der Waals surface area contributed by atoms with E-state index in [1.807, 2.05) is 35.8 Å². The van der Waals surface area contributed by atoms with Crippen molar-refractivity contribution in [2.75, 3.05) is 19.8 Å². The molecule has 2 aromatic carbocycles. The van der Waals surface area contributed by atoms with E-state index in [4.69, 9.17) is 9.47 Å². The lowest BCUT2D eigenvalue weighted by molar-refractivity contribution is 0.0526. The first-order valence-electron chi connectivity index (χ1n) is 10.7. The number of esters is 1. The summed E-state index contributed by atoms with van der Waals surface area (Å²) in [7, 11) is 0. The minimum atomic E-state index is -0.363. The first-order valence-corrected chi connectivity index (χ1v) is 12.4. The highest BCUT2D eigenvalue weighted by molar-refractivity contribution is 7.99. The molecule has 6 nitrogen and oxygen atoms in total. The van der Waals surface area contributed by atoms with Crippen molar-refractivity contribution in [3.63, 3.8) is 0 Å². The van der Waals surface area contributed by atoms with E-state index in [0.29, 0.717) is 47.5 Å². The van der Waals surface area contributed by atoms with Crippen LogP contribution in [-0.2, 0) is 16.0 Å². The van der Waals surface area contributed by atoms with Gasteiger partial charge in [-0.25, -0.2) is 4.79 Å². The van der Waals surface area contributed by atoms with Crippen LogP contribution in [0.3, 0.4) is 0 Å². The number of carbonyl (C=O) groups is 2. The Balaban J connectivity index is 2.02. The summed E-state index contributed by atoms with van der Waals surface area (Å²) in [6.07, 6.45) is 0. The quantitative estimate of drug-likeness (QED) is 0.244. The normalized spacial score (nSPS) is 12.0. The van der Waals surface area contributed by atoms with Gasteiger partial charge < -0.3 is 14.0 Å². The lowest BCUT2D eigenvalue weighted by Crippen LogP contribution is -2.19. The zero-order valence-corrected chi connectivity index (χ0v) is 20.4. The topological polar surface area (TPSA) is 69.9 Å². The number of thiazole rings is 1. The molecule has 0 aliphatic rings. The van der Waals surface area contributed by atoms with Gasteiger partial charge in [0, 0.05) is 28.9 Å². The van der Waals surface area contributed by atoms with Gasteiger partial charge in [0.05, 0.1) is 29.0 Å². The molecule has 3 rings (SSSR count). The number of hydrogen-bond acceptors (Lipinski definition) is 6. The monoisotopic (exact) mass is 472 g/mol. The lowest BCUT2D eigenvalue weighted by atomic mass is 10.2. The standard InChI is InChI=1S/C24H28N2O4S2/c1-5-29-13-12-26-20-11-10-18(23(28)30-6-2)15-21(20)32-24(26)25-22(27)17-8-7-9-19(14-17)31-16(3)4/h7-11,14-16H,5-6,12-13H2,1-4H3. The SMILES string of the molecule is CCOCCn1c(=NC(=O)c2cccc(SC(C)C)c2)sc2cc(C(=O)OCC)ccc21. The van der Waals surface area contributed by atoms with Gasteiger partial charge in [-0.15, -0.1) is 11.8 Å². The van der Waals surface area contributed by atoms with Gasteiger partial charge in [-0.3, -0.25) is 4.79 Å². The Hall–Kier alpha value is -2.42. The second-order valence-corrected chi connectivity index (χ2v) is 9.91. The second-order valence-electron chi connectivity index (χ2n) is 7.25. The molecule has 1 aromatic heterocycles. The van der Waals surface area contributed by atoms with Crippen LogP contribution < -0.4 is 4.80 Å². The minimum absolute atomic E-state index is 0.293. The zero-order chi connectivity index (χ0) is 23.1. The maximum absolute atomic E-state index is 13.0. The van der Waals surface area contributed by atoms with Gasteiger partial charge in [-0.05, 0) is 50.2 Å². The molecule has 170 valence electrons. The zero-order valence-electron chi connectivity index (χ0n) is 18.8. The number of benzene rings is 2. The fraction of sp³-hybridized carbons (Fsp3) is 0.375. The van der Waals surface area contributed by atoms with Crippen molar-refractivity contribution in [1.29, 1.82) is 0 Å². The van der Waals surface area contributed by atoms with Crippen molar-refractivity contribution in [3.05, 3.63) is 58.4 Å². The average molecular weight is 473 g/mol. The Morgan fingerprint density at radius 2 is 1.91 bits per heavy atom. The van der Waals surface area contributed by atoms with Crippen LogP contribution in [0.5, 0.6) is 0 Å². The average Bonchev–Trinajstić information content (AvgIpc) is 3.10. The van der Waals surface area contributed by atoms with E-state index in [9.17, 15) is 9.59 Å². The van der Waals surface area contributed by atoms with Gasteiger partial charge in [0.1, 0.15) is 0 Å². The molecule has 1 heterocycles. The summed E-state index contributed by atoms with van der Waals surface area (Å²) in [5.74, 6) is -0.656. The number of rotatable bonds is 9. The van der Waals surface area contributed by atoms with E-state index in [-0.39, 0.29) is 11.9 Å². The van der Waals surface area contributed by atoms with Crippen molar-refractivity contribution < 1.29 is 19.1 Å². The highest BCUT2D eigenvalue weighted by Gasteiger charge is 2.13. The molecule has 32 heavy (non-hydrogen) atoms. The highest BCUT2D eigenvalue weighted by Crippen LogP contribution is 2.24. The summed E-state index contributed by atoms with van der Waals surface area (Å²) in [6, 6.07) is 12.9. The molecule has 0 atom stereocenters. The molecule has 0 radical (unpaired) electrons. The first-order chi connectivity index (χ1) is 15.4. The van der Waals surface area contributed by atoms with E-state index >= 15 is 0 Å². The van der Waals surface area contributed by atoms with E-state index in [2.05, 4.69) is 18.8 Å². The van der Waals surface area contributed by atoms with Crippen molar-refractivity contribution in [1.82, 2.24) is 4.57 Å². The van der Waals surface area contributed by atoms with Crippen molar-refractivity contribution >= 4 is 45.2 Å². The van der Waals surface area contributed by atoms with E-state index < -0.39 is 0 Å². The predicted molar refractivity (Wildman–Crippen MR) is 130 cm³/mol. The molecule has 3 aromatic rings. The van der Waals surface area contributed by atoms with Crippen LogP contribution in [0.4, 0.5) is 0 Å². The third kappa shape index (κ3) is 6.09. The fourth-order valence-corrected chi connectivity index (χ4v) is 5.13. The van der Waals surface area contributed by atoms with Crippen LogP contribution >= 0.6 is 23.1 Å². The van der Waals surface area contributed by atoms with Crippen molar-refractivity contribution in [2.45, 2.75) is 44.4 Å². The van der Waals surface area contributed by atoms with E-state index in [1.165, 1.54) is 11.3 Å². The van der Waals surface area contributed by atoms with Gasteiger partial charge in [-0.2, -0.15) is 4.99 Å². The third-order valence-electron chi connectivity index (χ3n) is 4.51. The highest BCUT2D eigenvalue weighted by atomic mass is 32.2. The Kier molecular flexibility index (Phi) is 8.67. The molecule has 0 N–H and O–H groups in total. The summed E-state index contributed by atoms with van der Waals surface area (Å²) in [5.41, 5.74) is 1.93. The summed E-state index contributed by atoms with van der Waals surface area (Å²) < 4.78 is 13.5. The summed E-state index contributed by atoms with van der Waals surface area (Å²) in [5, 5.41) is 0.425. The van der Waals surface area contributed by atoms with Gasteiger partial charge in [-0.1, -0.05) is 31.3 Å². The molecule has 8 heteroatoms. The maximum Gasteiger partial charge on any atom is 0.338 e. The maximum atomic E-state index is 13.0. The number of thioether (sulfide) groups is 1. The summed E-state index contributed by atoms with van der Waals surface area (Å²) in [6.45, 7) is 9.95. The second kappa shape index (κ2) is 11.4. The Labute approximate surface area is 196 Å². The molecule has 0 saturated heterocycles. The van der Waals surface area contributed by atoms with Crippen LogP contribution in [0.2, 0.25) is 0 Å². The molecule has 1 amide bonds. The van der Waals surface area contributed by atoms with Gasteiger partial charge >= 0.3 is 5.97 Å². The molecule has 0 fully saturated rings. The number of nitrogens with zero attached hydrogens (tertiary/aromatic N) is 2. The van der Waals surface area contributed by atoms with Crippen LogP contribution in [0.15, 0.2) is 52.4 Å². The van der Waals surface area contributed by atoms with E-state index in [1.54, 1.807) is 36.9 Å². The number of fused-ring (bicyclic) bond motifs is 1. The summed E-state index contributed by atoms with van der Waals surface area (Å²) >= 11 is 3.08. The molecular formula is C24H28N2O4S2. The number of amides is 1. The van der Waals surface area contributed by atoms with Crippen LogP contribution in [0, 0.1) is 0 Å². The van der Waals surface area contributed by atoms with Crippen LogP contribution in [-0.4, -0.2) is 41.5 Å². The van der Waals surface area contributed by atoms with Crippen LogP contribution in [0.1, 0.15) is 48.4 Å². The Bertz CT molecular complexity index is 1160. The largest absolute Gasteiger partial charge is 0.462 e. The molecule has 0 saturated carbocycles. The smallest absolute Gasteiger partial charge is 0.338 e. The lowest BCUT2D eigenvalue weighted by Gasteiger charge is -2.07. The van der Waals surface area contributed by atoms with Gasteiger partial charge in [0.15, 0.2) is 4.80 Å². The Morgan fingerprint density at radius 1 is 1.09 bits per heavy atom. The van der Waals surface area contributed by atoms with E-state index in [0.717, 1.165) is 15.1 Å². The fourth-order valence-electron chi connectivity index (χ4n) is 3.14. The molecular weight excluding hydrogens is 444 g/mol. The molecule has 0 aliphatic heterocycles. The number of carbonyl (C=O) groups excluding carboxylic acids is 2. The number of ether oxygens (including phenoxy) is 2. The van der Waals surface area contributed by atoms with Crippen molar-refractivity contribution in [2.24, 2.45) is 4.99 Å². The molecule has 0 aliphatic carbocycles. The van der Waals surface area contributed by atoms with Gasteiger partial charge in [0.2, 0.25) is 0 Å². The third-order valence-corrected chi connectivity index (χ3v) is 6.55. The Morgan fingerprint density at radius 3 is 2.62 bits per heavy atom. The molecule has 0 bridgehead atoms. The number of hydrogen-bond donors (Lipinski definition) is 0. The summed E-state index contributed by atoms with van der Waals surface area (Å²) in [4.78, 5) is 31.2. The number of aromatic nitrogens is 1. The minimum Gasteiger partial charge on any atom is -0.462 e. The molecule has 0 spiro atoms. The van der Waals surface area contributed by atoms with Crippen LogP contribution in [0.25, 0.3) is 10.2 Å². The van der Waals surface area contributed by atoms with Gasteiger partial charge in [0.25, 0.3) is 5.91 Å². The molecule has 0 unspecified atom stereocenters. The predicted octanol–water partition coefficient (Wildman–Crippen LogP) is 5.16.